The van der Waals surface area contributed by atoms with Gasteiger partial charge in [-0.05, 0) is 80.0 Å². The fourth-order valence-electron chi connectivity index (χ4n) is 8.91. The molecule has 0 spiro atoms. The fourth-order valence-corrected chi connectivity index (χ4v) is 8.91. The summed E-state index contributed by atoms with van der Waals surface area (Å²) in [6, 6.07) is 51.3. The summed E-state index contributed by atoms with van der Waals surface area (Å²) in [5.41, 5.74) is 15.6. The summed E-state index contributed by atoms with van der Waals surface area (Å²) in [5.74, 6) is 0. The number of furan rings is 1. The smallest absolute Gasteiger partial charge is 0.159 e. The number of fused-ring (bicyclic) bond motifs is 11. The van der Waals surface area contributed by atoms with E-state index in [9.17, 15) is 0 Å². The van der Waals surface area contributed by atoms with E-state index in [2.05, 4.69) is 172 Å². The van der Waals surface area contributed by atoms with E-state index in [0.29, 0.717) is 0 Å². The van der Waals surface area contributed by atoms with Crippen molar-refractivity contribution in [1.29, 1.82) is 0 Å². The number of hydrogen-bond acceptors (Lipinski definition) is 2. The molecule has 0 atom stereocenters. The molecule has 0 unspecified atom stereocenters. The van der Waals surface area contributed by atoms with Crippen LogP contribution < -0.4 is 4.90 Å². The van der Waals surface area contributed by atoms with Crippen molar-refractivity contribution in [2.45, 2.75) is 38.5 Å². The van der Waals surface area contributed by atoms with Crippen molar-refractivity contribution in [2.75, 3.05) is 4.90 Å². The number of para-hydroxylation sites is 1. The standard InChI is InChI=1S/C46H35NO/c1-45(2)35-18-9-7-15-31(35)34-27-29(24-25-37(34)45)47(39-21-12-20-38-43(39)32-16-8-10-19-36(32)46(38,3)4)40-22-11-17-33-42-30-14-6-5-13-28(30)23-26-41(42)48-44(33)40/h5-27H,1-4H3. The van der Waals surface area contributed by atoms with Crippen LogP contribution in [0.4, 0.5) is 17.1 Å². The van der Waals surface area contributed by atoms with Crippen LogP contribution in [0.1, 0.15) is 49.9 Å². The van der Waals surface area contributed by atoms with Crippen LogP contribution in [0.25, 0.3) is 55.0 Å². The summed E-state index contributed by atoms with van der Waals surface area (Å²) in [6.07, 6.45) is 0. The minimum Gasteiger partial charge on any atom is -0.454 e. The molecule has 10 rings (SSSR count). The van der Waals surface area contributed by atoms with Crippen molar-refractivity contribution in [3.8, 4) is 22.3 Å². The van der Waals surface area contributed by atoms with Gasteiger partial charge in [-0.3, -0.25) is 0 Å². The molecular formula is C46H35NO. The first-order chi connectivity index (χ1) is 23.3. The summed E-state index contributed by atoms with van der Waals surface area (Å²) in [7, 11) is 0. The van der Waals surface area contributed by atoms with Gasteiger partial charge in [-0.15, -0.1) is 0 Å². The summed E-state index contributed by atoms with van der Waals surface area (Å²) in [5, 5.41) is 4.73. The maximum absolute atomic E-state index is 6.89. The third-order valence-electron chi connectivity index (χ3n) is 11.3. The second-order valence-electron chi connectivity index (χ2n) is 14.5. The van der Waals surface area contributed by atoms with Gasteiger partial charge in [0.25, 0.3) is 0 Å². The van der Waals surface area contributed by atoms with Gasteiger partial charge in [0.1, 0.15) is 5.58 Å². The lowest BCUT2D eigenvalue weighted by atomic mass is 9.82. The molecule has 0 bridgehead atoms. The third-order valence-corrected chi connectivity index (χ3v) is 11.3. The second-order valence-corrected chi connectivity index (χ2v) is 14.5. The predicted octanol–water partition coefficient (Wildman–Crippen LogP) is 12.8. The monoisotopic (exact) mass is 617 g/mol. The fraction of sp³-hybridized carbons (Fsp3) is 0.130. The first-order valence-electron chi connectivity index (χ1n) is 16.9. The number of benzene rings is 7. The Labute approximate surface area is 280 Å². The van der Waals surface area contributed by atoms with Crippen molar-refractivity contribution >= 4 is 49.8 Å². The van der Waals surface area contributed by atoms with E-state index in [1.807, 2.05) is 0 Å². The molecule has 0 saturated carbocycles. The van der Waals surface area contributed by atoms with Gasteiger partial charge in [0.05, 0.1) is 11.4 Å². The van der Waals surface area contributed by atoms with Crippen molar-refractivity contribution in [3.63, 3.8) is 0 Å². The molecule has 230 valence electrons. The Kier molecular flexibility index (Phi) is 5.44. The van der Waals surface area contributed by atoms with Crippen molar-refractivity contribution in [2.24, 2.45) is 0 Å². The number of nitrogens with zero attached hydrogens (tertiary/aromatic N) is 1. The molecule has 2 nitrogen and oxygen atoms in total. The average Bonchev–Trinajstić information content (AvgIpc) is 3.69. The van der Waals surface area contributed by atoms with Crippen LogP contribution in [-0.2, 0) is 10.8 Å². The van der Waals surface area contributed by atoms with E-state index in [1.165, 1.54) is 60.7 Å². The molecule has 0 saturated heterocycles. The quantitative estimate of drug-likeness (QED) is 0.196. The molecule has 2 aliphatic rings. The van der Waals surface area contributed by atoms with Crippen LogP contribution in [0.5, 0.6) is 0 Å². The summed E-state index contributed by atoms with van der Waals surface area (Å²) in [6.45, 7) is 9.39. The molecule has 2 heteroatoms. The molecule has 0 radical (unpaired) electrons. The highest BCUT2D eigenvalue weighted by Gasteiger charge is 2.39. The lowest BCUT2D eigenvalue weighted by Crippen LogP contribution is -2.16. The van der Waals surface area contributed by atoms with Gasteiger partial charge >= 0.3 is 0 Å². The lowest BCUT2D eigenvalue weighted by Gasteiger charge is -2.29. The van der Waals surface area contributed by atoms with Crippen LogP contribution in [0, 0.1) is 0 Å². The van der Waals surface area contributed by atoms with Gasteiger partial charge in [-0.1, -0.05) is 137 Å². The molecular weight excluding hydrogens is 583 g/mol. The van der Waals surface area contributed by atoms with Gasteiger partial charge in [-0.2, -0.15) is 0 Å². The molecule has 1 aromatic heterocycles. The molecule has 8 aromatic rings. The maximum Gasteiger partial charge on any atom is 0.159 e. The second kappa shape index (κ2) is 9.49. The van der Waals surface area contributed by atoms with Crippen molar-refractivity contribution in [3.05, 3.63) is 162 Å². The Hall–Kier alpha value is -5.60. The first kappa shape index (κ1) is 27.5. The molecule has 0 fully saturated rings. The van der Waals surface area contributed by atoms with Crippen LogP contribution >= 0.6 is 0 Å². The zero-order chi connectivity index (χ0) is 32.4. The van der Waals surface area contributed by atoms with Crippen LogP contribution in [0.3, 0.4) is 0 Å². The zero-order valence-corrected chi connectivity index (χ0v) is 27.6. The summed E-state index contributed by atoms with van der Waals surface area (Å²) in [4.78, 5) is 2.46. The maximum atomic E-state index is 6.89. The topological polar surface area (TPSA) is 16.4 Å². The normalized spacial score (nSPS) is 15.0. The summed E-state index contributed by atoms with van der Waals surface area (Å²) < 4.78 is 6.89. The number of hydrogen-bond donors (Lipinski definition) is 0. The SMILES string of the molecule is CC1(C)c2ccccc2-c2cc(N(c3cccc4c3-c3ccccc3C4(C)C)c3cccc4c3oc3ccc5ccccc5c34)ccc21. The van der Waals surface area contributed by atoms with Gasteiger partial charge in [0.15, 0.2) is 5.58 Å². The van der Waals surface area contributed by atoms with Gasteiger partial charge in [0, 0.05) is 32.9 Å². The zero-order valence-electron chi connectivity index (χ0n) is 27.6. The van der Waals surface area contributed by atoms with E-state index in [0.717, 1.165) is 33.6 Å². The number of rotatable bonds is 3. The van der Waals surface area contributed by atoms with Gasteiger partial charge in [0.2, 0.25) is 0 Å². The van der Waals surface area contributed by atoms with Crippen LogP contribution in [0.15, 0.2) is 144 Å². The Morgan fingerprint density at radius 2 is 1.10 bits per heavy atom. The Morgan fingerprint density at radius 3 is 1.96 bits per heavy atom. The van der Waals surface area contributed by atoms with E-state index >= 15 is 0 Å². The minimum atomic E-state index is -0.112. The minimum absolute atomic E-state index is 0.0634. The Bertz CT molecular complexity index is 2630. The van der Waals surface area contributed by atoms with Crippen molar-refractivity contribution < 1.29 is 4.42 Å². The lowest BCUT2D eigenvalue weighted by molar-refractivity contribution is 0.660. The largest absolute Gasteiger partial charge is 0.454 e. The van der Waals surface area contributed by atoms with Gasteiger partial charge < -0.3 is 9.32 Å². The van der Waals surface area contributed by atoms with Crippen molar-refractivity contribution in [1.82, 2.24) is 0 Å². The molecule has 0 aliphatic heterocycles. The third kappa shape index (κ3) is 3.52. The molecule has 0 amide bonds. The predicted molar refractivity (Wildman–Crippen MR) is 201 cm³/mol. The first-order valence-corrected chi connectivity index (χ1v) is 16.9. The molecule has 48 heavy (non-hydrogen) atoms. The average molecular weight is 618 g/mol. The highest BCUT2D eigenvalue weighted by molar-refractivity contribution is 6.21. The van der Waals surface area contributed by atoms with E-state index in [-0.39, 0.29) is 10.8 Å². The molecule has 7 aromatic carbocycles. The van der Waals surface area contributed by atoms with E-state index in [4.69, 9.17) is 4.42 Å². The number of anilines is 3. The Balaban J connectivity index is 1.30. The molecule has 2 aliphatic carbocycles. The Morgan fingerprint density at radius 1 is 0.479 bits per heavy atom. The van der Waals surface area contributed by atoms with Crippen LogP contribution in [-0.4, -0.2) is 0 Å². The van der Waals surface area contributed by atoms with E-state index in [1.54, 1.807) is 0 Å². The highest BCUT2D eigenvalue weighted by atomic mass is 16.3. The highest BCUT2D eigenvalue weighted by Crippen LogP contribution is 2.56. The molecule has 0 N–H and O–H groups in total. The van der Waals surface area contributed by atoms with Crippen LogP contribution in [0.2, 0.25) is 0 Å². The summed E-state index contributed by atoms with van der Waals surface area (Å²) >= 11 is 0. The molecule has 1 heterocycles. The van der Waals surface area contributed by atoms with Gasteiger partial charge in [-0.25, -0.2) is 0 Å². The van der Waals surface area contributed by atoms with E-state index < -0.39 is 0 Å².